The number of ether oxygens (including phenoxy) is 3. The van der Waals surface area contributed by atoms with E-state index in [0.717, 1.165) is 12.1 Å². The molecule has 0 spiro atoms. The maximum absolute atomic E-state index is 14.3. The Morgan fingerprint density at radius 2 is 1.65 bits per heavy atom. The van der Waals surface area contributed by atoms with Crippen molar-refractivity contribution in [1.29, 1.82) is 0 Å². The molecule has 0 aliphatic carbocycles. The van der Waals surface area contributed by atoms with Crippen molar-refractivity contribution in [3.8, 4) is 0 Å². The predicted molar refractivity (Wildman–Crippen MR) is 198 cm³/mol. The van der Waals surface area contributed by atoms with Gasteiger partial charge in [-0.25, -0.2) is 0 Å². The number of likely N-dealkylation sites (tertiary alicyclic amines) is 1. The van der Waals surface area contributed by atoms with Gasteiger partial charge in [-0.15, -0.1) is 0 Å². The first-order valence-electron chi connectivity index (χ1n) is 18.5. The zero-order chi connectivity index (χ0) is 38.4. The summed E-state index contributed by atoms with van der Waals surface area (Å²) in [4.78, 5) is 62.6. The van der Waals surface area contributed by atoms with Gasteiger partial charge in [0.15, 0.2) is 0 Å². The fourth-order valence-electron chi connectivity index (χ4n) is 7.22. The minimum Gasteiger partial charge on any atom is -0.380 e. The van der Waals surface area contributed by atoms with Crippen LogP contribution >= 0.6 is 0 Å². The highest BCUT2D eigenvalue weighted by molar-refractivity contribution is 5.90. The third kappa shape index (κ3) is 11.9. The van der Waals surface area contributed by atoms with Gasteiger partial charge in [0.25, 0.3) is 0 Å². The van der Waals surface area contributed by atoms with Crippen molar-refractivity contribution in [2.45, 2.75) is 117 Å². The Labute approximate surface area is 306 Å². The van der Waals surface area contributed by atoms with E-state index in [-0.39, 0.29) is 53.9 Å². The summed E-state index contributed by atoms with van der Waals surface area (Å²) in [7, 11) is 8.20. The molecular weight excluding hydrogens is 652 g/mol. The smallest absolute Gasteiger partial charge is 0.245 e. The molecule has 2 heterocycles. The molecule has 0 saturated carbocycles. The average molecular weight is 719 g/mol. The summed E-state index contributed by atoms with van der Waals surface area (Å²) in [5.41, 5.74) is 0.887. The Kier molecular flexibility index (Phi) is 18.5. The Morgan fingerprint density at radius 3 is 2.16 bits per heavy atom. The first-order valence-corrected chi connectivity index (χ1v) is 18.5. The fraction of sp³-hybridized carbons (Fsp3) is 0.763. The number of carbonyl (C=O) groups is 4. The molecule has 1 aromatic rings. The van der Waals surface area contributed by atoms with E-state index in [4.69, 9.17) is 14.2 Å². The molecule has 0 radical (unpaired) electrons. The molecule has 3 N–H and O–H groups in total. The Morgan fingerprint density at radius 1 is 0.980 bits per heavy atom. The van der Waals surface area contributed by atoms with E-state index in [9.17, 15) is 19.2 Å². The second kappa shape index (κ2) is 21.4. The number of nitrogens with one attached hydrogen (secondary N) is 3. The summed E-state index contributed by atoms with van der Waals surface area (Å²) < 4.78 is 17.7. The number of hydrogen-bond donors (Lipinski definition) is 3. The molecule has 51 heavy (non-hydrogen) atoms. The third-order valence-corrected chi connectivity index (χ3v) is 10.5. The lowest BCUT2D eigenvalue weighted by Crippen LogP contribution is -2.59. The second-order valence-electron chi connectivity index (χ2n) is 14.6. The van der Waals surface area contributed by atoms with Crippen molar-refractivity contribution < 1.29 is 33.4 Å². The second-order valence-corrected chi connectivity index (χ2v) is 14.6. The van der Waals surface area contributed by atoms with Gasteiger partial charge in [-0.2, -0.15) is 0 Å². The van der Waals surface area contributed by atoms with Crippen LogP contribution in [0.2, 0.25) is 0 Å². The van der Waals surface area contributed by atoms with Crippen LogP contribution in [0.4, 0.5) is 0 Å². The summed E-state index contributed by atoms with van der Waals surface area (Å²) in [6, 6.07) is 3.61. The summed E-state index contributed by atoms with van der Waals surface area (Å²) >= 11 is 0. The first kappa shape index (κ1) is 44.0. The van der Waals surface area contributed by atoms with E-state index in [1.165, 1.54) is 0 Å². The lowest BCUT2D eigenvalue weighted by Gasteiger charge is -2.41. The van der Waals surface area contributed by atoms with Gasteiger partial charge in [0, 0.05) is 59.8 Å². The predicted octanol–water partition coefficient (Wildman–Crippen LogP) is 2.67. The molecule has 13 nitrogen and oxygen atoms in total. The highest BCUT2D eigenvalue weighted by Crippen LogP contribution is 2.30. The van der Waals surface area contributed by atoms with Gasteiger partial charge in [-0.05, 0) is 43.4 Å². The Bertz CT molecular complexity index is 1230. The van der Waals surface area contributed by atoms with Crippen LogP contribution in [0.1, 0.15) is 73.4 Å². The van der Waals surface area contributed by atoms with Crippen LogP contribution in [0.5, 0.6) is 0 Å². The molecule has 1 aliphatic rings. The standard InChI is InChI=1S/C38H66N6O7/c1-13-25(6)34(43(9)38(48)33(24(4)5)42-37(47)32(39-8)23(2)3)30(50-11)21-31(45)44-22-28(49-10)20-29(44)35(51-12)26(7)36(46)41-19-17-27-16-14-15-18-40-27/h14-16,18,23-26,28-30,32-35,39H,13,17,19-22H2,1-12H3,(H,41,46)(H,42,47)/t25?,26-,28-,29+,30-,32+,33+,34+,35-/m1/s1. The molecular formula is C38H66N6O7. The van der Waals surface area contributed by atoms with Gasteiger partial charge in [0.1, 0.15) is 6.04 Å². The lowest BCUT2D eigenvalue weighted by atomic mass is 9.89. The van der Waals surface area contributed by atoms with Gasteiger partial charge in [-0.1, -0.05) is 61.0 Å². The number of rotatable bonds is 21. The summed E-state index contributed by atoms with van der Waals surface area (Å²) in [6.07, 6.45) is 2.13. The lowest BCUT2D eigenvalue weighted by molar-refractivity contribution is -0.147. The zero-order valence-electron chi connectivity index (χ0n) is 33.1. The monoisotopic (exact) mass is 718 g/mol. The van der Waals surface area contributed by atoms with E-state index < -0.39 is 42.3 Å². The maximum atomic E-state index is 14.3. The Balaban J connectivity index is 2.28. The number of carbonyl (C=O) groups excluding carboxylic acids is 4. The van der Waals surface area contributed by atoms with Crippen LogP contribution in [-0.4, -0.2) is 129 Å². The SMILES string of the molecule is CCC(C)[C@@H]([C@@H](CC(=O)N1C[C@H](OC)C[C@H]1[C@H](OC)[C@@H](C)C(=O)NCCc1ccccn1)OC)N(C)C(=O)[C@@H](NC(=O)[C@@H](NC)C(C)C)C(C)C. The number of pyridine rings is 1. The van der Waals surface area contributed by atoms with Gasteiger partial charge >= 0.3 is 0 Å². The average Bonchev–Trinajstić information content (AvgIpc) is 3.54. The summed E-state index contributed by atoms with van der Waals surface area (Å²) in [6.45, 7) is 14.4. The minimum atomic E-state index is -0.763. The van der Waals surface area contributed by atoms with Gasteiger partial charge in [-0.3, -0.25) is 24.2 Å². The number of hydrogen-bond acceptors (Lipinski definition) is 9. The van der Waals surface area contributed by atoms with Crippen molar-refractivity contribution in [2.24, 2.45) is 23.7 Å². The largest absolute Gasteiger partial charge is 0.380 e. The van der Waals surface area contributed by atoms with Crippen molar-refractivity contribution in [2.75, 3.05) is 48.5 Å². The molecule has 1 unspecified atom stereocenters. The number of methoxy groups -OCH3 is 3. The van der Waals surface area contributed by atoms with E-state index in [2.05, 4.69) is 20.9 Å². The van der Waals surface area contributed by atoms with Gasteiger partial charge < -0.3 is 40.0 Å². The molecule has 2 rings (SSSR count). The third-order valence-electron chi connectivity index (χ3n) is 10.5. The fourth-order valence-corrected chi connectivity index (χ4v) is 7.22. The van der Waals surface area contributed by atoms with E-state index in [0.29, 0.717) is 25.9 Å². The van der Waals surface area contributed by atoms with E-state index in [1.807, 2.05) is 66.7 Å². The van der Waals surface area contributed by atoms with Crippen LogP contribution < -0.4 is 16.0 Å². The van der Waals surface area contributed by atoms with Crippen LogP contribution in [0.15, 0.2) is 24.4 Å². The van der Waals surface area contributed by atoms with Crippen LogP contribution in [0.3, 0.4) is 0 Å². The van der Waals surface area contributed by atoms with E-state index >= 15 is 0 Å². The van der Waals surface area contributed by atoms with E-state index in [1.54, 1.807) is 51.4 Å². The normalized spacial score (nSPS) is 20.3. The quantitative estimate of drug-likeness (QED) is 0.174. The van der Waals surface area contributed by atoms with Crippen molar-refractivity contribution in [1.82, 2.24) is 30.7 Å². The molecule has 0 aromatic carbocycles. The summed E-state index contributed by atoms with van der Waals surface area (Å²) in [5, 5.41) is 9.04. The molecule has 0 bridgehead atoms. The molecule has 290 valence electrons. The van der Waals surface area contributed by atoms with Crippen molar-refractivity contribution >= 4 is 23.6 Å². The molecule has 1 aliphatic heterocycles. The maximum Gasteiger partial charge on any atom is 0.245 e. The van der Waals surface area contributed by atoms with Crippen LogP contribution in [-0.2, 0) is 39.8 Å². The molecule has 13 heteroatoms. The highest BCUT2D eigenvalue weighted by Gasteiger charge is 2.45. The number of amides is 4. The summed E-state index contributed by atoms with van der Waals surface area (Å²) in [5.74, 6) is -1.53. The molecule has 9 atom stereocenters. The van der Waals surface area contributed by atoms with Gasteiger partial charge in [0.05, 0.1) is 48.8 Å². The van der Waals surface area contributed by atoms with Crippen molar-refractivity contribution in [3.05, 3.63) is 30.1 Å². The van der Waals surface area contributed by atoms with Crippen molar-refractivity contribution in [3.63, 3.8) is 0 Å². The number of nitrogens with zero attached hydrogens (tertiary/aromatic N) is 3. The number of likely N-dealkylation sites (N-methyl/N-ethyl adjacent to an activating group) is 2. The topological polar surface area (TPSA) is 151 Å². The van der Waals surface area contributed by atoms with Crippen LogP contribution in [0, 0.1) is 23.7 Å². The number of aromatic nitrogens is 1. The zero-order valence-corrected chi connectivity index (χ0v) is 33.1. The molecule has 1 saturated heterocycles. The first-order chi connectivity index (χ1) is 24.2. The molecule has 1 aromatic heterocycles. The molecule has 4 amide bonds. The molecule has 1 fully saturated rings. The van der Waals surface area contributed by atoms with Crippen LogP contribution in [0.25, 0.3) is 0 Å². The Hall–Kier alpha value is -3.13. The van der Waals surface area contributed by atoms with Gasteiger partial charge in [0.2, 0.25) is 23.6 Å². The highest BCUT2D eigenvalue weighted by atomic mass is 16.5. The minimum absolute atomic E-state index is 0.00499.